The van der Waals surface area contributed by atoms with Crippen LogP contribution in [0.25, 0.3) is 5.52 Å². The number of carbonyl (C=O) groups excluding carboxylic acids is 1. The van der Waals surface area contributed by atoms with E-state index in [9.17, 15) is 9.18 Å². The first-order chi connectivity index (χ1) is 13.0. The zero-order valence-corrected chi connectivity index (χ0v) is 16.3. The molecule has 1 aliphatic heterocycles. The third-order valence-corrected chi connectivity index (χ3v) is 5.07. The molecule has 6 nitrogen and oxygen atoms in total. The van der Waals surface area contributed by atoms with E-state index >= 15 is 0 Å². The second kappa shape index (κ2) is 7.28. The van der Waals surface area contributed by atoms with Crippen molar-refractivity contribution in [1.82, 2.24) is 14.3 Å². The Bertz CT molecular complexity index is 1010. The number of aryl methyl sites for hydroxylation is 1. The molecule has 3 aromatic rings. The molecular weight excluding hydrogens is 415 g/mol. The lowest BCUT2D eigenvalue weighted by molar-refractivity contribution is 0.0297. The Kier molecular flexibility index (Phi) is 4.84. The van der Waals surface area contributed by atoms with Crippen molar-refractivity contribution < 1.29 is 13.9 Å². The van der Waals surface area contributed by atoms with Gasteiger partial charge in [-0.05, 0) is 37.3 Å². The van der Waals surface area contributed by atoms with Crippen LogP contribution in [0.4, 0.5) is 15.9 Å². The number of halogens is 2. The predicted molar refractivity (Wildman–Crippen MR) is 104 cm³/mol. The zero-order valence-electron chi connectivity index (χ0n) is 14.7. The molecule has 27 heavy (non-hydrogen) atoms. The van der Waals surface area contributed by atoms with Crippen molar-refractivity contribution in [3.05, 3.63) is 58.2 Å². The number of ether oxygens (including phenoxy) is 1. The molecular formula is C19H18BrFN4O2. The van der Waals surface area contributed by atoms with Crippen molar-refractivity contribution >= 4 is 38.9 Å². The van der Waals surface area contributed by atoms with Gasteiger partial charge < -0.3 is 19.4 Å². The number of hydrogen-bond acceptors (Lipinski definition) is 4. The Labute approximate surface area is 164 Å². The van der Waals surface area contributed by atoms with Gasteiger partial charge >= 0.3 is 0 Å². The highest BCUT2D eigenvalue weighted by atomic mass is 79.9. The minimum atomic E-state index is -0.380. The van der Waals surface area contributed by atoms with Crippen molar-refractivity contribution in [2.75, 3.05) is 31.6 Å². The fourth-order valence-corrected chi connectivity index (χ4v) is 3.55. The molecule has 8 heteroatoms. The average molecular weight is 433 g/mol. The normalized spacial score (nSPS) is 14.6. The predicted octanol–water partition coefficient (Wildman–Crippen LogP) is 3.76. The largest absolute Gasteiger partial charge is 0.378 e. The molecule has 0 saturated carbocycles. The summed E-state index contributed by atoms with van der Waals surface area (Å²) in [6.45, 7) is 4.11. The van der Waals surface area contributed by atoms with Crippen LogP contribution < -0.4 is 5.32 Å². The SMILES string of the molecule is Cc1ccc2c(Nc3cc(Br)ccc3F)ncc(C(=O)N3CCOCC3)n12. The number of rotatable bonds is 3. The molecule has 0 radical (unpaired) electrons. The lowest BCUT2D eigenvalue weighted by Gasteiger charge is -2.27. The summed E-state index contributed by atoms with van der Waals surface area (Å²) in [5.41, 5.74) is 2.41. The maximum atomic E-state index is 14.1. The minimum absolute atomic E-state index is 0.0877. The van der Waals surface area contributed by atoms with Crippen LogP contribution in [0.1, 0.15) is 16.2 Å². The highest BCUT2D eigenvalue weighted by molar-refractivity contribution is 9.10. The van der Waals surface area contributed by atoms with Crippen LogP contribution in [0.3, 0.4) is 0 Å². The van der Waals surface area contributed by atoms with Gasteiger partial charge in [0, 0.05) is 23.3 Å². The molecule has 140 valence electrons. The van der Waals surface area contributed by atoms with Crippen molar-refractivity contribution in [2.45, 2.75) is 6.92 Å². The number of hydrogen-bond donors (Lipinski definition) is 1. The number of nitrogens with one attached hydrogen (secondary N) is 1. The maximum absolute atomic E-state index is 14.1. The number of nitrogens with zero attached hydrogens (tertiary/aromatic N) is 3. The van der Waals surface area contributed by atoms with Gasteiger partial charge in [0.05, 0.1) is 30.6 Å². The smallest absolute Gasteiger partial charge is 0.272 e. The number of morpholine rings is 1. The first kappa shape index (κ1) is 17.9. The molecule has 1 aromatic carbocycles. The summed E-state index contributed by atoms with van der Waals surface area (Å²) in [6, 6.07) is 8.45. The number of aromatic nitrogens is 2. The standard InChI is InChI=1S/C19H18BrFN4O2/c1-12-2-5-16-18(23-15-10-13(20)3-4-14(15)21)22-11-17(25(12)16)19(26)24-6-8-27-9-7-24/h2-5,10-11H,6-9H2,1H3,(H,22,23). The first-order valence-electron chi connectivity index (χ1n) is 8.61. The first-order valence-corrected chi connectivity index (χ1v) is 9.40. The molecule has 1 saturated heterocycles. The molecule has 0 atom stereocenters. The number of benzene rings is 1. The Balaban J connectivity index is 1.74. The van der Waals surface area contributed by atoms with E-state index in [2.05, 4.69) is 26.2 Å². The molecule has 4 rings (SSSR count). The molecule has 1 aliphatic rings. The molecule has 0 bridgehead atoms. The van der Waals surface area contributed by atoms with Crippen molar-refractivity contribution in [1.29, 1.82) is 0 Å². The summed E-state index contributed by atoms with van der Waals surface area (Å²) in [5, 5.41) is 3.03. The second-order valence-electron chi connectivity index (χ2n) is 6.34. The quantitative estimate of drug-likeness (QED) is 0.684. The lowest BCUT2D eigenvalue weighted by Crippen LogP contribution is -2.41. The van der Waals surface area contributed by atoms with Crippen molar-refractivity contribution in [3.63, 3.8) is 0 Å². The van der Waals surface area contributed by atoms with Crippen LogP contribution in [0.5, 0.6) is 0 Å². The van der Waals surface area contributed by atoms with Crippen LogP contribution in [0.15, 0.2) is 41.0 Å². The third-order valence-electron chi connectivity index (χ3n) is 4.57. The third kappa shape index (κ3) is 3.42. The van der Waals surface area contributed by atoms with Crippen LogP contribution in [0, 0.1) is 12.7 Å². The van der Waals surface area contributed by atoms with E-state index < -0.39 is 0 Å². The number of anilines is 2. The molecule has 1 N–H and O–H groups in total. The summed E-state index contributed by atoms with van der Waals surface area (Å²) >= 11 is 3.35. The van der Waals surface area contributed by atoms with Crippen LogP contribution >= 0.6 is 15.9 Å². The van der Waals surface area contributed by atoms with E-state index in [1.54, 1.807) is 17.0 Å². The molecule has 1 amide bonds. The highest BCUT2D eigenvalue weighted by Gasteiger charge is 2.23. The molecule has 3 heterocycles. The van der Waals surface area contributed by atoms with Gasteiger partial charge in [-0.2, -0.15) is 0 Å². The van der Waals surface area contributed by atoms with E-state index in [0.29, 0.717) is 49.0 Å². The van der Waals surface area contributed by atoms with Gasteiger partial charge in [0.25, 0.3) is 5.91 Å². The maximum Gasteiger partial charge on any atom is 0.272 e. The second-order valence-corrected chi connectivity index (χ2v) is 7.26. The van der Waals surface area contributed by atoms with Gasteiger partial charge in [-0.25, -0.2) is 9.37 Å². The molecule has 0 unspecified atom stereocenters. The molecule has 0 aliphatic carbocycles. The van der Waals surface area contributed by atoms with E-state index in [1.165, 1.54) is 12.3 Å². The van der Waals surface area contributed by atoms with Gasteiger partial charge in [0.2, 0.25) is 0 Å². The van der Waals surface area contributed by atoms with Gasteiger partial charge in [0.15, 0.2) is 5.82 Å². The summed E-state index contributed by atoms with van der Waals surface area (Å²) in [6.07, 6.45) is 1.54. The molecule has 0 spiro atoms. The lowest BCUT2D eigenvalue weighted by atomic mass is 10.3. The van der Waals surface area contributed by atoms with Gasteiger partial charge in [-0.15, -0.1) is 0 Å². The van der Waals surface area contributed by atoms with E-state index in [4.69, 9.17) is 4.74 Å². The van der Waals surface area contributed by atoms with E-state index in [0.717, 1.165) is 10.2 Å². The summed E-state index contributed by atoms with van der Waals surface area (Å²) < 4.78 is 22.1. The summed E-state index contributed by atoms with van der Waals surface area (Å²) in [5.74, 6) is 0.0174. The van der Waals surface area contributed by atoms with Crippen LogP contribution in [-0.4, -0.2) is 46.5 Å². The minimum Gasteiger partial charge on any atom is -0.378 e. The Morgan fingerprint density at radius 3 is 2.81 bits per heavy atom. The topological polar surface area (TPSA) is 58.9 Å². The zero-order chi connectivity index (χ0) is 19.0. The van der Waals surface area contributed by atoms with Crippen molar-refractivity contribution in [2.24, 2.45) is 0 Å². The fraction of sp³-hybridized carbons (Fsp3) is 0.263. The van der Waals surface area contributed by atoms with Crippen LogP contribution in [-0.2, 0) is 4.74 Å². The Hall–Kier alpha value is -2.45. The van der Waals surface area contributed by atoms with Crippen molar-refractivity contribution in [3.8, 4) is 0 Å². The monoisotopic (exact) mass is 432 g/mol. The van der Waals surface area contributed by atoms with Gasteiger partial charge in [-0.1, -0.05) is 15.9 Å². The highest BCUT2D eigenvalue weighted by Crippen LogP contribution is 2.27. The number of fused-ring (bicyclic) bond motifs is 1. The summed E-state index contributed by atoms with van der Waals surface area (Å²) in [4.78, 5) is 19.1. The number of amides is 1. The number of carbonyl (C=O) groups is 1. The average Bonchev–Trinajstić information content (AvgIpc) is 3.07. The van der Waals surface area contributed by atoms with E-state index in [1.807, 2.05) is 23.5 Å². The fourth-order valence-electron chi connectivity index (χ4n) is 3.19. The van der Waals surface area contributed by atoms with Gasteiger partial charge in [0.1, 0.15) is 11.5 Å². The Morgan fingerprint density at radius 1 is 1.26 bits per heavy atom. The van der Waals surface area contributed by atoms with Crippen LogP contribution in [0.2, 0.25) is 0 Å². The molecule has 2 aromatic heterocycles. The van der Waals surface area contributed by atoms with Gasteiger partial charge in [-0.3, -0.25) is 4.79 Å². The Morgan fingerprint density at radius 2 is 2.04 bits per heavy atom. The summed E-state index contributed by atoms with van der Waals surface area (Å²) in [7, 11) is 0. The molecule has 1 fully saturated rings. The van der Waals surface area contributed by atoms with E-state index in [-0.39, 0.29) is 11.7 Å².